The van der Waals surface area contributed by atoms with E-state index >= 15 is 0 Å². The molecule has 35 heavy (non-hydrogen) atoms. The van der Waals surface area contributed by atoms with Gasteiger partial charge in [-0.3, -0.25) is 14.4 Å². The number of carbonyl (C=O) groups excluding carboxylic acids is 4. The van der Waals surface area contributed by atoms with Crippen LogP contribution >= 0.6 is 0 Å². The molecular weight excluding hydrogens is 446 g/mol. The third kappa shape index (κ3) is 4.37. The van der Waals surface area contributed by atoms with Crippen molar-refractivity contribution < 1.29 is 23.9 Å². The molecule has 2 heterocycles. The molecule has 5 atom stereocenters. The molecule has 0 radical (unpaired) electrons. The molecule has 3 fully saturated rings. The summed E-state index contributed by atoms with van der Waals surface area (Å²) < 4.78 is 5.80. The lowest BCUT2D eigenvalue weighted by atomic mass is 9.97. The highest BCUT2D eigenvalue weighted by molar-refractivity contribution is 5.92. The minimum Gasteiger partial charge on any atom is -0.484 e. The Balaban J connectivity index is 1.25. The quantitative estimate of drug-likeness (QED) is 0.565. The minimum atomic E-state index is -0.761. The minimum absolute atomic E-state index is 0.0363. The molecule has 0 aromatic heterocycles. The summed E-state index contributed by atoms with van der Waals surface area (Å²) in [5, 5.41) is 7.68. The highest BCUT2D eigenvalue weighted by atomic mass is 16.5. The maximum atomic E-state index is 13.3. The van der Waals surface area contributed by atoms with E-state index in [2.05, 4.69) is 24.5 Å². The number of likely N-dealkylation sites (tertiary alicyclic amines) is 1. The van der Waals surface area contributed by atoms with Gasteiger partial charge < -0.3 is 25.1 Å². The maximum Gasteiger partial charge on any atom is 0.261 e. The van der Waals surface area contributed by atoms with Gasteiger partial charge in [0.25, 0.3) is 5.91 Å². The van der Waals surface area contributed by atoms with Crippen molar-refractivity contribution in [3.8, 4) is 5.75 Å². The molecule has 3 aliphatic rings. The third-order valence-corrected chi connectivity index (χ3v) is 8.07. The highest BCUT2D eigenvalue weighted by Gasteiger charge is 2.69. The van der Waals surface area contributed by atoms with Gasteiger partial charge in [0.05, 0.1) is 6.04 Å². The zero-order chi connectivity index (χ0) is 24.7. The van der Waals surface area contributed by atoms with E-state index in [-0.39, 0.29) is 53.9 Å². The molecule has 2 saturated heterocycles. The van der Waals surface area contributed by atoms with Crippen LogP contribution in [0.15, 0.2) is 42.5 Å². The molecule has 0 bridgehead atoms. The first-order valence-corrected chi connectivity index (χ1v) is 12.2. The van der Waals surface area contributed by atoms with E-state index in [4.69, 9.17) is 4.74 Å². The molecule has 8 heteroatoms. The molecule has 5 rings (SSSR count). The van der Waals surface area contributed by atoms with Gasteiger partial charge in [0.1, 0.15) is 18.1 Å². The molecule has 184 valence electrons. The summed E-state index contributed by atoms with van der Waals surface area (Å²) >= 11 is 0. The van der Waals surface area contributed by atoms with E-state index in [1.165, 1.54) is 0 Å². The molecule has 2 unspecified atom stereocenters. The smallest absolute Gasteiger partial charge is 0.261 e. The van der Waals surface area contributed by atoms with E-state index in [0.717, 1.165) is 10.8 Å². The Kier molecular flexibility index (Phi) is 5.99. The van der Waals surface area contributed by atoms with Gasteiger partial charge in [-0.2, -0.15) is 0 Å². The van der Waals surface area contributed by atoms with Gasteiger partial charge >= 0.3 is 0 Å². The van der Waals surface area contributed by atoms with Crippen LogP contribution in [0.1, 0.15) is 26.7 Å². The first-order valence-electron chi connectivity index (χ1n) is 12.2. The van der Waals surface area contributed by atoms with Crippen LogP contribution in [0, 0.1) is 23.2 Å². The first-order chi connectivity index (χ1) is 16.8. The lowest BCUT2D eigenvalue weighted by molar-refractivity contribution is -0.142. The second-order valence-electron chi connectivity index (χ2n) is 10.5. The van der Waals surface area contributed by atoms with E-state index in [0.29, 0.717) is 31.5 Å². The molecule has 2 N–H and O–H groups in total. The SMILES string of the molecule is CC1(C)C2CN(C(=O)COc3ccc4ccccc4c3)[C@@H](C(=O)N[C@H](C=O)C[C@@H]3CCNC3=O)C21. The normalized spacial score (nSPS) is 27.1. The second kappa shape index (κ2) is 8.98. The van der Waals surface area contributed by atoms with Crippen molar-refractivity contribution >= 4 is 34.8 Å². The van der Waals surface area contributed by atoms with Crippen LogP contribution in [0.25, 0.3) is 10.8 Å². The largest absolute Gasteiger partial charge is 0.484 e. The zero-order valence-corrected chi connectivity index (χ0v) is 20.0. The highest BCUT2D eigenvalue weighted by Crippen LogP contribution is 2.64. The number of amides is 3. The molecule has 2 aromatic carbocycles. The average Bonchev–Trinajstić information content (AvgIpc) is 3.21. The van der Waals surface area contributed by atoms with Crippen LogP contribution in [0.2, 0.25) is 0 Å². The summed E-state index contributed by atoms with van der Waals surface area (Å²) in [5.74, 6) is -0.0898. The fraction of sp³-hybridized carbons (Fsp3) is 0.481. The Labute approximate surface area is 204 Å². The predicted molar refractivity (Wildman–Crippen MR) is 129 cm³/mol. The Morgan fingerprint density at radius 1 is 1.23 bits per heavy atom. The maximum absolute atomic E-state index is 13.3. The number of fused-ring (bicyclic) bond motifs is 2. The molecule has 3 amide bonds. The first kappa shape index (κ1) is 23.3. The van der Waals surface area contributed by atoms with Crippen molar-refractivity contribution in [2.24, 2.45) is 23.2 Å². The second-order valence-corrected chi connectivity index (χ2v) is 10.5. The van der Waals surface area contributed by atoms with Crippen molar-refractivity contribution in [3.63, 3.8) is 0 Å². The summed E-state index contributed by atoms with van der Waals surface area (Å²) in [6.07, 6.45) is 1.60. The Morgan fingerprint density at radius 3 is 2.71 bits per heavy atom. The van der Waals surface area contributed by atoms with Crippen molar-refractivity contribution in [3.05, 3.63) is 42.5 Å². The average molecular weight is 478 g/mol. The molecule has 2 aliphatic heterocycles. The number of carbonyl (C=O) groups is 4. The number of nitrogens with zero attached hydrogens (tertiary/aromatic N) is 1. The summed E-state index contributed by atoms with van der Waals surface area (Å²) in [7, 11) is 0. The number of rotatable bonds is 8. The van der Waals surface area contributed by atoms with Crippen molar-refractivity contribution in [2.45, 2.75) is 38.8 Å². The summed E-state index contributed by atoms with van der Waals surface area (Å²) in [6.45, 7) is 5.13. The number of piperidine rings is 1. The van der Waals surface area contributed by atoms with Crippen LogP contribution in [0.3, 0.4) is 0 Å². The van der Waals surface area contributed by atoms with Gasteiger partial charge in [0.2, 0.25) is 11.8 Å². The van der Waals surface area contributed by atoms with Crippen LogP contribution in [0.4, 0.5) is 0 Å². The van der Waals surface area contributed by atoms with Crippen LogP contribution in [-0.4, -0.2) is 60.7 Å². The van der Waals surface area contributed by atoms with Gasteiger partial charge in [-0.15, -0.1) is 0 Å². The summed E-state index contributed by atoms with van der Waals surface area (Å²) in [6, 6.07) is 12.2. The van der Waals surface area contributed by atoms with Crippen LogP contribution in [-0.2, 0) is 19.2 Å². The summed E-state index contributed by atoms with van der Waals surface area (Å²) in [5.41, 5.74) is -0.0417. The Morgan fingerprint density at radius 2 is 2.00 bits per heavy atom. The Hall–Kier alpha value is -3.42. The van der Waals surface area contributed by atoms with E-state index in [9.17, 15) is 19.2 Å². The van der Waals surface area contributed by atoms with Gasteiger partial charge in [-0.25, -0.2) is 0 Å². The predicted octanol–water partition coefficient (Wildman–Crippen LogP) is 1.91. The van der Waals surface area contributed by atoms with Crippen LogP contribution < -0.4 is 15.4 Å². The monoisotopic (exact) mass is 477 g/mol. The number of hydrogen-bond donors (Lipinski definition) is 2. The third-order valence-electron chi connectivity index (χ3n) is 8.07. The topological polar surface area (TPSA) is 105 Å². The van der Waals surface area contributed by atoms with Crippen molar-refractivity contribution in [2.75, 3.05) is 19.7 Å². The fourth-order valence-electron chi connectivity index (χ4n) is 5.92. The molecule has 1 aliphatic carbocycles. The molecule has 1 saturated carbocycles. The lowest BCUT2D eigenvalue weighted by Gasteiger charge is -2.31. The number of hydrogen-bond acceptors (Lipinski definition) is 5. The van der Waals surface area contributed by atoms with Crippen LogP contribution in [0.5, 0.6) is 5.75 Å². The van der Waals surface area contributed by atoms with Gasteiger partial charge in [-0.05, 0) is 53.0 Å². The fourth-order valence-corrected chi connectivity index (χ4v) is 5.92. The zero-order valence-electron chi connectivity index (χ0n) is 20.0. The molecule has 2 aromatic rings. The van der Waals surface area contributed by atoms with Crippen molar-refractivity contribution in [1.82, 2.24) is 15.5 Å². The molecule has 0 spiro atoms. The number of ether oxygens (including phenoxy) is 1. The Bertz CT molecular complexity index is 1180. The van der Waals surface area contributed by atoms with Crippen molar-refractivity contribution in [1.29, 1.82) is 0 Å². The van der Waals surface area contributed by atoms with Gasteiger partial charge in [-0.1, -0.05) is 44.2 Å². The van der Waals surface area contributed by atoms with Gasteiger partial charge in [0.15, 0.2) is 6.61 Å². The molecule has 8 nitrogen and oxygen atoms in total. The number of benzene rings is 2. The van der Waals surface area contributed by atoms with E-state index in [1.807, 2.05) is 42.5 Å². The summed E-state index contributed by atoms with van der Waals surface area (Å²) in [4.78, 5) is 51.7. The molecular formula is C27H31N3O5. The number of nitrogens with one attached hydrogen (secondary N) is 2. The standard InChI is InChI=1S/C27H31N3O5/c1-27(2)21-13-30(22(32)15-35-20-8-7-16-5-3-4-6-17(16)12-20)24(23(21)27)26(34)29-19(14-31)11-18-9-10-28-25(18)33/h3-8,12,14,18-19,21,23-24H,9-11,13,15H2,1-2H3,(H,28,33)(H,29,34)/t18-,19-,21?,23?,24+/m0/s1. The van der Waals surface area contributed by atoms with E-state index < -0.39 is 12.1 Å². The van der Waals surface area contributed by atoms with E-state index in [1.54, 1.807) is 4.90 Å². The number of aldehydes is 1. The lowest BCUT2D eigenvalue weighted by Crippen LogP contribution is -2.53. The van der Waals surface area contributed by atoms with Gasteiger partial charge in [0, 0.05) is 19.0 Å².